The van der Waals surface area contributed by atoms with E-state index >= 15 is 0 Å². The molecule has 3 aromatic rings. The van der Waals surface area contributed by atoms with E-state index in [0.29, 0.717) is 17.2 Å². The number of benzene rings is 1. The van der Waals surface area contributed by atoms with Gasteiger partial charge in [-0.05, 0) is 19.1 Å². The zero-order valence-corrected chi connectivity index (χ0v) is 13.1. The lowest BCUT2D eigenvalue weighted by atomic mass is 10.1. The van der Waals surface area contributed by atoms with Crippen LogP contribution in [0.4, 0.5) is 14.5 Å². The highest BCUT2D eigenvalue weighted by Gasteiger charge is 2.17. The first-order valence-corrected chi connectivity index (χ1v) is 7.20. The maximum Gasteiger partial charge on any atom is 0.244 e. The summed E-state index contributed by atoms with van der Waals surface area (Å²) in [6, 6.07) is 3.27. The van der Waals surface area contributed by atoms with E-state index in [-0.39, 0.29) is 18.0 Å². The van der Waals surface area contributed by atoms with Gasteiger partial charge in [-0.25, -0.2) is 13.8 Å². The maximum atomic E-state index is 14.1. The predicted octanol–water partition coefficient (Wildman–Crippen LogP) is 2.51. The summed E-state index contributed by atoms with van der Waals surface area (Å²) >= 11 is 0. The molecule has 0 saturated heterocycles. The highest BCUT2D eigenvalue weighted by atomic mass is 19.1. The Morgan fingerprint density at radius 3 is 2.79 bits per heavy atom. The first-order chi connectivity index (χ1) is 11.5. The SMILES string of the molecule is Cc1nccn1CC(=O)Nc1cnn(C)c1-c1ccc(F)cc1F. The third-order valence-corrected chi connectivity index (χ3v) is 3.64. The Kier molecular flexibility index (Phi) is 4.11. The quantitative estimate of drug-likeness (QED) is 0.799. The number of amides is 1. The summed E-state index contributed by atoms with van der Waals surface area (Å²) in [5, 5.41) is 6.75. The van der Waals surface area contributed by atoms with Crippen LogP contribution in [0.25, 0.3) is 11.3 Å². The van der Waals surface area contributed by atoms with Gasteiger partial charge >= 0.3 is 0 Å². The second kappa shape index (κ2) is 6.23. The molecule has 0 saturated carbocycles. The molecule has 124 valence electrons. The Morgan fingerprint density at radius 2 is 2.12 bits per heavy atom. The molecule has 0 aliphatic carbocycles. The Balaban J connectivity index is 1.87. The number of nitrogens with zero attached hydrogens (tertiary/aromatic N) is 4. The van der Waals surface area contributed by atoms with E-state index in [1.807, 2.05) is 0 Å². The second-order valence-corrected chi connectivity index (χ2v) is 5.31. The van der Waals surface area contributed by atoms with Gasteiger partial charge < -0.3 is 9.88 Å². The zero-order valence-electron chi connectivity index (χ0n) is 13.1. The van der Waals surface area contributed by atoms with Crippen LogP contribution in [0, 0.1) is 18.6 Å². The monoisotopic (exact) mass is 331 g/mol. The minimum absolute atomic E-state index is 0.0755. The number of halogens is 2. The molecule has 0 spiro atoms. The molecule has 0 aliphatic rings. The molecule has 1 amide bonds. The molecule has 24 heavy (non-hydrogen) atoms. The largest absolute Gasteiger partial charge is 0.326 e. The molecule has 2 aromatic heterocycles. The van der Waals surface area contributed by atoms with Crippen molar-refractivity contribution in [3.63, 3.8) is 0 Å². The van der Waals surface area contributed by atoms with Crippen LogP contribution in [0.15, 0.2) is 36.8 Å². The molecule has 1 N–H and O–H groups in total. The van der Waals surface area contributed by atoms with E-state index in [1.165, 1.54) is 16.9 Å². The average molecular weight is 331 g/mol. The zero-order chi connectivity index (χ0) is 17.3. The highest BCUT2D eigenvalue weighted by Crippen LogP contribution is 2.29. The summed E-state index contributed by atoms with van der Waals surface area (Å²) in [4.78, 5) is 16.3. The number of rotatable bonds is 4. The van der Waals surface area contributed by atoms with Crippen molar-refractivity contribution in [2.45, 2.75) is 13.5 Å². The number of imidazole rings is 1. The fourth-order valence-corrected chi connectivity index (χ4v) is 2.45. The molecule has 0 unspecified atom stereocenters. The molecular formula is C16H15F2N5O. The van der Waals surface area contributed by atoms with Gasteiger partial charge in [0.05, 0.1) is 17.6 Å². The number of carbonyl (C=O) groups is 1. The first-order valence-electron chi connectivity index (χ1n) is 7.20. The third kappa shape index (κ3) is 3.03. The Labute approximate surface area is 136 Å². The molecule has 2 heterocycles. The molecule has 1 aromatic carbocycles. The number of anilines is 1. The van der Waals surface area contributed by atoms with Crippen molar-refractivity contribution in [1.29, 1.82) is 0 Å². The lowest BCUT2D eigenvalue weighted by molar-refractivity contribution is -0.116. The second-order valence-electron chi connectivity index (χ2n) is 5.31. The summed E-state index contributed by atoms with van der Waals surface area (Å²) in [6.45, 7) is 1.86. The normalized spacial score (nSPS) is 10.8. The van der Waals surface area contributed by atoms with Crippen LogP contribution in [-0.4, -0.2) is 25.2 Å². The van der Waals surface area contributed by atoms with Crippen molar-refractivity contribution in [1.82, 2.24) is 19.3 Å². The lowest BCUT2D eigenvalue weighted by Gasteiger charge is -2.10. The average Bonchev–Trinajstić information content (AvgIpc) is 3.07. The highest BCUT2D eigenvalue weighted by molar-refractivity contribution is 5.94. The Hall–Kier alpha value is -3.03. The van der Waals surface area contributed by atoms with Gasteiger partial charge in [0.25, 0.3) is 0 Å². The van der Waals surface area contributed by atoms with Crippen LogP contribution in [-0.2, 0) is 18.4 Å². The van der Waals surface area contributed by atoms with Crippen molar-refractivity contribution in [2.75, 3.05) is 5.32 Å². The van der Waals surface area contributed by atoms with Gasteiger partial charge in [-0.3, -0.25) is 9.48 Å². The molecule has 3 rings (SSSR count). The van der Waals surface area contributed by atoms with Crippen molar-refractivity contribution in [2.24, 2.45) is 7.05 Å². The van der Waals surface area contributed by atoms with E-state index in [1.54, 1.807) is 30.9 Å². The van der Waals surface area contributed by atoms with Crippen molar-refractivity contribution in [3.05, 3.63) is 54.2 Å². The van der Waals surface area contributed by atoms with Crippen LogP contribution >= 0.6 is 0 Å². The van der Waals surface area contributed by atoms with Crippen LogP contribution < -0.4 is 5.32 Å². The van der Waals surface area contributed by atoms with E-state index in [2.05, 4.69) is 15.4 Å². The van der Waals surface area contributed by atoms with Gasteiger partial charge in [-0.15, -0.1) is 0 Å². The maximum absolute atomic E-state index is 14.1. The van der Waals surface area contributed by atoms with Crippen molar-refractivity contribution < 1.29 is 13.6 Å². The lowest BCUT2D eigenvalue weighted by Crippen LogP contribution is -2.19. The predicted molar refractivity (Wildman–Crippen MR) is 84.2 cm³/mol. The number of carbonyl (C=O) groups excluding carboxylic acids is 1. The van der Waals surface area contributed by atoms with Crippen LogP contribution in [0.1, 0.15) is 5.82 Å². The van der Waals surface area contributed by atoms with Gasteiger partial charge in [0, 0.05) is 31.1 Å². The van der Waals surface area contributed by atoms with Crippen LogP contribution in [0.2, 0.25) is 0 Å². The Bertz CT molecular complexity index is 900. The molecule has 8 heteroatoms. The van der Waals surface area contributed by atoms with Crippen molar-refractivity contribution in [3.8, 4) is 11.3 Å². The molecule has 0 fully saturated rings. The number of nitrogens with one attached hydrogen (secondary N) is 1. The minimum atomic E-state index is -0.723. The Morgan fingerprint density at radius 1 is 1.33 bits per heavy atom. The molecule has 0 atom stereocenters. The molecule has 6 nitrogen and oxygen atoms in total. The van der Waals surface area contributed by atoms with Crippen LogP contribution in [0.5, 0.6) is 0 Å². The number of hydrogen-bond acceptors (Lipinski definition) is 3. The summed E-state index contributed by atoms with van der Waals surface area (Å²) in [7, 11) is 1.62. The van der Waals surface area contributed by atoms with Gasteiger partial charge in [0.2, 0.25) is 5.91 Å². The fourth-order valence-electron chi connectivity index (χ4n) is 2.45. The van der Waals surface area contributed by atoms with Gasteiger partial charge in [0.1, 0.15) is 24.0 Å². The van der Waals surface area contributed by atoms with E-state index in [9.17, 15) is 13.6 Å². The number of aryl methyl sites for hydroxylation is 2. The van der Waals surface area contributed by atoms with Gasteiger partial charge in [-0.1, -0.05) is 0 Å². The topological polar surface area (TPSA) is 64.7 Å². The van der Waals surface area contributed by atoms with E-state index in [4.69, 9.17) is 0 Å². The van der Waals surface area contributed by atoms with Gasteiger partial charge in [0.15, 0.2) is 0 Å². The molecule has 0 bridgehead atoms. The first kappa shape index (κ1) is 15.9. The smallest absolute Gasteiger partial charge is 0.244 e. The standard InChI is InChI=1S/C16H15F2N5O/c1-10-19-5-6-23(10)9-15(24)21-14-8-20-22(2)16(14)12-4-3-11(17)7-13(12)18/h3-8H,9H2,1-2H3,(H,21,24). The molecule has 0 aliphatic heterocycles. The third-order valence-electron chi connectivity index (χ3n) is 3.64. The summed E-state index contributed by atoms with van der Waals surface area (Å²) < 4.78 is 30.3. The number of hydrogen-bond donors (Lipinski definition) is 1. The summed E-state index contributed by atoms with van der Waals surface area (Å²) in [5.41, 5.74) is 0.875. The van der Waals surface area contributed by atoms with E-state index in [0.717, 1.165) is 12.1 Å². The summed E-state index contributed by atoms with van der Waals surface area (Å²) in [6.07, 6.45) is 4.72. The fraction of sp³-hybridized carbons (Fsp3) is 0.188. The number of aromatic nitrogens is 4. The van der Waals surface area contributed by atoms with Crippen LogP contribution in [0.3, 0.4) is 0 Å². The summed E-state index contributed by atoms with van der Waals surface area (Å²) in [5.74, 6) is -0.979. The molecule has 0 radical (unpaired) electrons. The van der Waals surface area contributed by atoms with Crippen molar-refractivity contribution >= 4 is 11.6 Å². The minimum Gasteiger partial charge on any atom is -0.326 e. The van der Waals surface area contributed by atoms with E-state index < -0.39 is 11.6 Å². The van der Waals surface area contributed by atoms with Gasteiger partial charge in [-0.2, -0.15) is 5.10 Å². The molecular weight excluding hydrogens is 316 g/mol.